The van der Waals surface area contributed by atoms with E-state index in [9.17, 15) is 22.9 Å². The number of nitrogens with one attached hydrogen (secondary N) is 1. The molecule has 3 N–H and O–H groups in total. The molecule has 0 aliphatic carbocycles. The summed E-state index contributed by atoms with van der Waals surface area (Å²) in [5.74, 6) is -0.399. The van der Waals surface area contributed by atoms with Gasteiger partial charge < -0.3 is 9.84 Å². The SMILES string of the molecule is COC(CC1=NN(c2nc(C)c(C)s2)N(CCc2ccc(S(=O)(=O)O)cc2)N1)c1cccc(C(=O)O)c1. The Balaban J connectivity index is 1.53. The van der Waals surface area contributed by atoms with Gasteiger partial charge in [-0.25, -0.2) is 9.78 Å². The molecule has 3 aromatic rings. The molecule has 2 heterocycles. The molecular weight excluding hydrogens is 518 g/mol. The van der Waals surface area contributed by atoms with E-state index < -0.39 is 22.2 Å². The Bertz CT molecular complexity index is 1400. The highest BCUT2D eigenvalue weighted by atomic mass is 32.2. The van der Waals surface area contributed by atoms with Gasteiger partial charge in [-0.1, -0.05) is 35.6 Å². The number of thiazole rings is 1. The number of nitrogens with zero attached hydrogens (tertiary/aromatic N) is 4. The number of ether oxygens (including phenoxy) is 1. The zero-order valence-corrected chi connectivity index (χ0v) is 22.1. The smallest absolute Gasteiger partial charge is 0.335 e. The van der Waals surface area contributed by atoms with E-state index in [2.05, 4.69) is 10.4 Å². The maximum Gasteiger partial charge on any atom is 0.335 e. The van der Waals surface area contributed by atoms with Gasteiger partial charge in [-0.05, 0) is 55.7 Å². The zero-order chi connectivity index (χ0) is 26.7. The summed E-state index contributed by atoms with van der Waals surface area (Å²) in [6.07, 6.45) is 0.481. The minimum absolute atomic E-state index is 0.158. The van der Waals surface area contributed by atoms with Gasteiger partial charge in [-0.3, -0.25) is 9.98 Å². The number of hydrogen-bond acceptors (Lipinski definition) is 10. The molecule has 1 aromatic heterocycles. The summed E-state index contributed by atoms with van der Waals surface area (Å²) in [5, 5.41) is 18.2. The van der Waals surface area contributed by atoms with Crippen LogP contribution in [-0.2, 0) is 21.3 Å². The third-order valence-electron chi connectivity index (χ3n) is 5.89. The van der Waals surface area contributed by atoms with Gasteiger partial charge in [0.05, 0.1) is 22.3 Å². The zero-order valence-electron chi connectivity index (χ0n) is 20.5. The minimum atomic E-state index is -4.25. The first-order chi connectivity index (χ1) is 17.5. The number of carboxylic acid groups (broad SMARTS) is 1. The first kappa shape index (κ1) is 26.7. The molecule has 37 heavy (non-hydrogen) atoms. The number of rotatable bonds is 10. The maximum atomic E-state index is 11.4. The predicted molar refractivity (Wildman–Crippen MR) is 139 cm³/mol. The fraction of sp³-hybridized carbons (Fsp3) is 0.292. The third kappa shape index (κ3) is 6.32. The Hall–Kier alpha value is -3.36. The Morgan fingerprint density at radius 2 is 1.92 bits per heavy atom. The molecular formula is C24H27N5O6S2. The highest BCUT2D eigenvalue weighted by Gasteiger charge is 2.29. The van der Waals surface area contributed by atoms with Crippen molar-refractivity contribution in [3.8, 4) is 0 Å². The van der Waals surface area contributed by atoms with Crippen LogP contribution in [0, 0.1) is 13.8 Å². The van der Waals surface area contributed by atoms with E-state index in [1.165, 1.54) is 29.5 Å². The molecule has 1 atom stereocenters. The second-order valence-electron chi connectivity index (χ2n) is 8.44. The van der Waals surface area contributed by atoms with Gasteiger partial charge >= 0.3 is 5.97 Å². The van der Waals surface area contributed by atoms with Crippen LogP contribution >= 0.6 is 11.3 Å². The Morgan fingerprint density at radius 1 is 1.19 bits per heavy atom. The number of aromatic carboxylic acids is 1. The lowest BCUT2D eigenvalue weighted by molar-refractivity contribution is 0.0696. The van der Waals surface area contributed by atoms with Crippen LogP contribution in [0.25, 0.3) is 0 Å². The predicted octanol–water partition coefficient (Wildman–Crippen LogP) is 3.58. The fourth-order valence-corrected chi connectivity index (χ4v) is 5.11. The molecule has 0 spiro atoms. The van der Waals surface area contributed by atoms with Gasteiger partial charge in [0, 0.05) is 25.0 Å². The van der Waals surface area contributed by atoms with Crippen molar-refractivity contribution >= 4 is 38.4 Å². The van der Waals surface area contributed by atoms with E-state index in [1.807, 2.05) is 25.0 Å². The fourth-order valence-electron chi connectivity index (χ4n) is 3.76. The number of hydrazine groups is 2. The number of aryl methyl sites for hydroxylation is 2. The average Bonchev–Trinajstić information content (AvgIpc) is 3.43. The number of amidine groups is 1. The largest absolute Gasteiger partial charge is 0.478 e. The van der Waals surface area contributed by atoms with Gasteiger partial charge in [-0.2, -0.15) is 8.42 Å². The van der Waals surface area contributed by atoms with Gasteiger partial charge in [0.1, 0.15) is 5.84 Å². The van der Waals surface area contributed by atoms with Gasteiger partial charge in [0.2, 0.25) is 5.13 Å². The van der Waals surface area contributed by atoms with E-state index in [1.54, 1.807) is 36.5 Å². The van der Waals surface area contributed by atoms with E-state index >= 15 is 0 Å². The first-order valence-electron chi connectivity index (χ1n) is 11.3. The number of hydrogen-bond donors (Lipinski definition) is 3. The molecule has 0 radical (unpaired) electrons. The highest BCUT2D eigenvalue weighted by Crippen LogP contribution is 2.30. The number of aromatic nitrogens is 1. The van der Waals surface area contributed by atoms with E-state index in [4.69, 9.17) is 9.84 Å². The van der Waals surface area contributed by atoms with Gasteiger partial charge in [0.15, 0.2) is 0 Å². The number of methoxy groups -OCH3 is 1. The molecule has 4 rings (SSSR count). The summed E-state index contributed by atoms with van der Waals surface area (Å²) < 4.78 is 37.5. The number of carboxylic acids is 1. The Morgan fingerprint density at radius 3 is 2.51 bits per heavy atom. The van der Waals surface area contributed by atoms with Crippen molar-refractivity contribution in [2.75, 3.05) is 18.8 Å². The van der Waals surface area contributed by atoms with Crippen molar-refractivity contribution in [3.63, 3.8) is 0 Å². The van der Waals surface area contributed by atoms with Crippen LogP contribution < -0.4 is 10.5 Å². The van der Waals surface area contributed by atoms with Crippen LogP contribution in [0.4, 0.5) is 5.13 Å². The normalized spacial score (nSPS) is 14.9. The van der Waals surface area contributed by atoms with Crippen LogP contribution in [0.2, 0.25) is 0 Å². The molecule has 196 valence electrons. The molecule has 1 aliphatic heterocycles. The molecule has 0 fully saturated rings. The van der Waals surface area contributed by atoms with Crippen molar-refractivity contribution in [3.05, 3.63) is 75.8 Å². The molecule has 11 nitrogen and oxygen atoms in total. The lowest BCUT2D eigenvalue weighted by atomic mass is 10.0. The molecule has 13 heteroatoms. The second kappa shape index (κ2) is 10.9. The molecule has 0 bridgehead atoms. The number of hydrazone groups is 1. The van der Waals surface area contributed by atoms with Crippen molar-refractivity contribution in [1.82, 2.24) is 15.5 Å². The summed E-state index contributed by atoms with van der Waals surface area (Å²) in [6.45, 7) is 4.39. The van der Waals surface area contributed by atoms with E-state index in [-0.39, 0.29) is 10.5 Å². The minimum Gasteiger partial charge on any atom is -0.478 e. The molecule has 2 aromatic carbocycles. The maximum absolute atomic E-state index is 11.4. The van der Waals surface area contributed by atoms with Crippen molar-refractivity contribution in [2.45, 2.75) is 37.7 Å². The quantitative estimate of drug-likeness (QED) is 0.323. The summed E-state index contributed by atoms with van der Waals surface area (Å²) in [4.78, 5) is 16.9. The standard InChI is InChI=1S/C24H27N5O6S2/c1-15-16(2)36-24(25-15)29-27-22(14-21(35-3)18-5-4-6-19(13-18)23(30)31)26-28(29)12-11-17-7-9-20(10-8-17)37(32,33)34/h4-10,13,21H,11-12,14H2,1-3H3,(H,26,27)(H,30,31)(H,32,33,34). The number of benzene rings is 2. The average molecular weight is 546 g/mol. The lowest BCUT2D eigenvalue weighted by Gasteiger charge is -2.24. The summed E-state index contributed by atoms with van der Waals surface area (Å²) in [5.41, 5.74) is 5.96. The van der Waals surface area contributed by atoms with Crippen LogP contribution in [0.5, 0.6) is 0 Å². The Labute approximate surface area is 218 Å². The van der Waals surface area contributed by atoms with Crippen LogP contribution in [-0.4, -0.2) is 53.6 Å². The summed E-state index contributed by atoms with van der Waals surface area (Å²) >= 11 is 1.51. The van der Waals surface area contributed by atoms with Gasteiger partial charge in [-0.15, -0.1) is 15.3 Å². The molecule has 0 saturated carbocycles. The number of anilines is 1. The lowest BCUT2D eigenvalue weighted by Crippen LogP contribution is -2.45. The van der Waals surface area contributed by atoms with Crippen molar-refractivity contribution in [2.24, 2.45) is 5.10 Å². The monoisotopic (exact) mass is 545 g/mol. The number of carbonyl (C=O) groups is 1. The highest BCUT2D eigenvalue weighted by molar-refractivity contribution is 7.85. The molecule has 0 saturated heterocycles. The topological polar surface area (TPSA) is 145 Å². The van der Waals surface area contributed by atoms with E-state index in [0.29, 0.717) is 30.4 Å². The molecule has 0 amide bonds. The molecule has 1 aliphatic rings. The molecule has 1 unspecified atom stereocenters. The van der Waals surface area contributed by atoms with Crippen LogP contribution in [0.1, 0.15) is 44.6 Å². The first-order valence-corrected chi connectivity index (χ1v) is 13.6. The van der Waals surface area contributed by atoms with Gasteiger partial charge in [0.25, 0.3) is 10.1 Å². The van der Waals surface area contributed by atoms with Crippen molar-refractivity contribution in [1.29, 1.82) is 0 Å². The Kier molecular flexibility index (Phi) is 7.90. The van der Waals surface area contributed by atoms with Crippen molar-refractivity contribution < 1.29 is 27.6 Å². The van der Waals surface area contributed by atoms with E-state index in [0.717, 1.165) is 21.7 Å². The summed E-state index contributed by atoms with van der Waals surface area (Å²) in [7, 11) is -2.69. The van der Waals surface area contributed by atoms with Crippen LogP contribution in [0.15, 0.2) is 58.5 Å². The third-order valence-corrected chi connectivity index (χ3v) is 7.80. The second-order valence-corrected chi connectivity index (χ2v) is 11.0. The summed E-state index contributed by atoms with van der Waals surface area (Å²) in [6, 6.07) is 12.7. The van der Waals surface area contributed by atoms with Crippen LogP contribution in [0.3, 0.4) is 0 Å².